The summed E-state index contributed by atoms with van der Waals surface area (Å²) in [6, 6.07) is 8.03. The molecule has 18 heavy (non-hydrogen) atoms. The first-order valence-electron chi connectivity index (χ1n) is 6.14. The Morgan fingerprint density at radius 3 is 2.72 bits per heavy atom. The lowest BCUT2D eigenvalue weighted by Crippen LogP contribution is -2.20. The molecule has 0 aliphatic rings. The van der Waals surface area contributed by atoms with Crippen molar-refractivity contribution in [2.24, 2.45) is 0 Å². The number of methoxy groups -OCH3 is 1. The minimum absolute atomic E-state index is 0.0798. The van der Waals surface area contributed by atoms with Gasteiger partial charge in [-0.3, -0.25) is 0 Å². The van der Waals surface area contributed by atoms with Crippen LogP contribution in [0.1, 0.15) is 25.5 Å². The van der Waals surface area contributed by atoms with Crippen LogP contribution in [0.5, 0.6) is 5.75 Å². The first-order chi connectivity index (χ1) is 8.71. The zero-order valence-corrected chi connectivity index (χ0v) is 13.3. The SMILES string of the molecule is CCOCC(C)OC(CI)c1cccc(OC)c1. The number of hydrogen-bond donors (Lipinski definition) is 0. The van der Waals surface area contributed by atoms with Crippen LogP contribution in [0.25, 0.3) is 0 Å². The number of hydrogen-bond acceptors (Lipinski definition) is 3. The maximum atomic E-state index is 6.00. The Balaban J connectivity index is 2.64. The second-order valence-electron chi connectivity index (χ2n) is 4.03. The fraction of sp³-hybridized carbons (Fsp3) is 0.571. The smallest absolute Gasteiger partial charge is 0.119 e. The fourth-order valence-electron chi connectivity index (χ4n) is 1.65. The van der Waals surface area contributed by atoms with Crippen molar-refractivity contribution in [2.75, 3.05) is 24.8 Å². The molecule has 3 nitrogen and oxygen atoms in total. The van der Waals surface area contributed by atoms with E-state index in [9.17, 15) is 0 Å². The standard InChI is InChI=1S/C14H21IO3/c1-4-17-10-11(2)18-14(9-15)12-6-5-7-13(8-12)16-3/h5-8,11,14H,4,9-10H2,1-3H3. The zero-order valence-electron chi connectivity index (χ0n) is 11.2. The fourth-order valence-corrected chi connectivity index (χ4v) is 2.37. The summed E-state index contributed by atoms with van der Waals surface area (Å²) in [5.74, 6) is 0.864. The molecule has 1 aromatic carbocycles. The van der Waals surface area contributed by atoms with Gasteiger partial charge < -0.3 is 14.2 Å². The molecule has 2 atom stereocenters. The molecule has 0 amide bonds. The van der Waals surface area contributed by atoms with Crippen molar-refractivity contribution < 1.29 is 14.2 Å². The number of rotatable bonds is 8. The summed E-state index contributed by atoms with van der Waals surface area (Å²) in [6.07, 6.45) is 0.173. The van der Waals surface area contributed by atoms with E-state index in [0.29, 0.717) is 6.61 Å². The van der Waals surface area contributed by atoms with Gasteiger partial charge in [0, 0.05) is 11.0 Å². The summed E-state index contributed by atoms with van der Waals surface area (Å²) >= 11 is 2.34. The minimum atomic E-state index is 0.0798. The number of benzene rings is 1. The Bertz CT molecular complexity index is 344. The molecular formula is C14H21IO3. The van der Waals surface area contributed by atoms with Gasteiger partial charge in [0.25, 0.3) is 0 Å². The summed E-state index contributed by atoms with van der Waals surface area (Å²) in [7, 11) is 1.68. The van der Waals surface area contributed by atoms with Crippen LogP contribution >= 0.6 is 22.6 Å². The second-order valence-corrected chi connectivity index (χ2v) is 4.91. The zero-order chi connectivity index (χ0) is 13.4. The largest absolute Gasteiger partial charge is 0.497 e. The Kier molecular flexibility index (Phi) is 7.62. The quantitative estimate of drug-likeness (QED) is 0.521. The van der Waals surface area contributed by atoms with Crippen LogP contribution in [0, 0.1) is 0 Å². The molecule has 0 heterocycles. The molecule has 0 aliphatic carbocycles. The van der Waals surface area contributed by atoms with Gasteiger partial charge >= 0.3 is 0 Å². The maximum absolute atomic E-state index is 6.00. The number of halogens is 1. The van der Waals surface area contributed by atoms with E-state index in [-0.39, 0.29) is 12.2 Å². The first kappa shape index (κ1) is 15.7. The molecule has 1 aromatic rings. The predicted octanol–water partition coefficient (Wildman–Crippen LogP) is 3.61. The number of alkyl halides is 1. The van der Waals surface area contributed by atoms with Gasteiger partial charge in [-0.25, -0.2) is 0 Å². The van der Waals surface area contributed by atoms with Gasteiger partial charge in [0.2, 0.25) is 0 Å². The summed E-state index contributed by atoms with van der Waals surface area (Å²) in [5.41, 5.74) is 1.15. The molecule has 0 spiro atoms. The highest BCUT2D eigenvalue weighted by Gasteiger charge is 2.15. The maximum Gasteiger partial charge on any atom is 0.119 e. The molecule has 0 bridgehead atoms. The molecule has 0 saturated heterocycles. The van der Waals surface area contributed by atoms with Crippen LogP contribution < -0.4 is 4.74 Å². The van der Waals surface area contributed by atoms with Crippen LogP contribution in [0.2, 0.25) is 0 Å². The first-order valence-corrected chi connectivity index (χ1v) is 7.66. The Morgan fingerprint density at radius 2 is 2.11 bits per heavy atom. The molecule has 0 radical (unpaired) electrons. The van der Waals surface area contributed by atoms with Crippen molar-refractivity contribution in [1.29, 1.82) is 0 Å². The van der Waals surface area contributed by atoms with Crippen molar-refractivity contribution in [3.63, 3.8) is 0 Å². The Hall–Kier alpha value is -0.330. The van der Waals surface area contributed by atoms with E-state index < -0.39 is 0 Å². The van der Waals surface area contributed by atoms with E-state index in [2.05, 4.69) is 28.7 Å². The monoisotopic (exact) mass is 364 g/mol. The molecule has 0 N–H and O–H groups in total. The summed E-state index contributed by atoms with van der Waals surface area (Å²) in [6.45, 7) is 5.38. The van der Waals surface area contributed by atoms with Gasteiger partial charge in [-0.1, -0.05) is 34.7 Å². The predicted molar refractivity (Wildman–Crippen MR) is 81.7 cm³/mol. The minimum Gasteiger partial charge on any atom is -0.497 e. The third-order valence-electron chi connectivity index (χ3n) is 2.56. The highest BCUT2D eigenvalue weighted by atomic mass is 127. The summed E-state index contributed by atoms with van der Waals surface area (Å²) < 4.78 is 17.5. The van der Waals surface area contributed by atoms with Gasteiger partial charge in [0.1, 0.15) is 5.75 Å². The molecule has 0 aliphatic heterocycles. The average Bonchev–Trinajstić information content (AvgIpc) is 2.42. The summed E-state index contributed by atoms with van der Waals surface area (Å²) in [4.78, 5) is 0. The lowest BCUT2D eigenvalue weighted by Gasteiger charge is -2.21. The van der Waals surface area contributed by atoms with E-state index >= 15 is 0 Å². The topological polar surface area (TPSA) is 27.7 Å². The van der Waals surface area contributed by atoms with Crippen LogP contribution in [0.3, 0.4) is 0 Å². The van der Waals surface area contributed by atoms with Gasteiger partial charge in [0.15, 0.2) is 0 Å². The van der Waals surface area contributed by atoms with E-state index in [4.69, 9.17) is 14.2 Å². The van der Waals surface area contributed by atoms with E-state index in [1.807, 2.05) is 32.0 Å². The van der Waals surface area contributed by atoms with Crippen molar-refractivity contribution in [3.8, 4) is 5.75 Å². The van der Waals surface area contributed by atoms with Crippen molar-refractivity contribution >= 4 is 22.6 Å². The van der Waals surface area contributed by atoms with Gasteiger partial charge in [-0.05, 0) is 31.5 Å². The van der Waals surface area contributed by atoms with Gasteiger partial charge in [-0.2, -0.15) is 0 Å². The van der Waals surface area contributed by atoms with E-state index in [1.165, 1.54) is 0 Å². The van der Waals surface area contributed by atoms with Crippen molar-refractivity contribution in [2.45, 2.75) is 26.1 Å². The van der Waals surface area contributed by atoms with E-state index in [1.54, 1.807) is 7.11 Å². The van der Waals surface area contributed by atoms with Crippen LogP contribution in [-0.4, -0.2) is 30.9 Å². The lowest BCUT2D eigenvalue weighted by molar-refractivity contribution is -0.0377. The molecule has 0 saturated carbocycles. The Morgan fingerprint density at radius 1 is 1.33 bits per heavy atom. The molecular weight excluding hydrogens is 343 g/mol. The van der Waals surface area contributed by atoms with Gasteiger partial charge in [-0.15, -0.1) is 0 Å². The van der Waals surface area contributed by atoms with Gasteiger partial charge in [0.05, 0.1) is 25.9 Å². The molecule has 102 valence electrons. The van der Waals surface area contributed by atoms with Crippen molar-refractivity contribution in [3.05, 3.63) is 29.8 Å². The average molecular weight is 364 g/mol. The second kappa shape index (κ2) is 8.72. The molecule has 0 aromatic heterocycles. The van der Waals surface area contributed by atoms with Crippen LogP contribution in [0.15, 0.2) is 24.3 Å². The van der Waals surface area contributed by atoms with Crippen LogP contribution in [0.4, 0.5) is 0 Å². The highest BCUT2D eigenvalue weighted by Crippen LogP contribution is 2.25. The third-order valence-corrected chi connectivity index (χ3v) is 3.36. The molecule has 1 rings (SSSR count). The van der Waals surface area contributed by atoms with Crippen molar-refractivity contribution in [1.82, 2.24) is 0 Å². The van der Waals surface area contributed by atoms with Crippen LogP contribution in [-0.2, 0) is 9.47 Å². The number of ether oxygens (including phenoxy) is 3. The molecule has 2 unspecified atom stereocenters. The molecule has 0 fully saturated rings. The third kappa shape index (κ3) is 5.12. The lowest BCUT2D eigenvalue weighted by atomic mass is 10.1. The normalized spacial score (nSPS) is 14.2. The summed E-state index contributed by atoms with van der Waals surface area (Å²) in [5, 5.41) is 0. The Labute approximate surface area is 123 Å². The molecule has 4 heteroatoms. The highest BCUT2D eigenvalue weighted by molar-refractivity contribution is 14.1. The van der Waals surface area contributed by atoms with E-state index in [0.717, 1.165) is 22.3 Å².